The van der Waals surface area contributed by atoms with Crippen molar-refractivity contribution in [1.29, 1.82) is 0 Å². The van der Waals surface area contributed by atoms with E-state index in [9.17, 15) is 0 Å². The van der Waals surface area contributed by atoms with Crippen molar-refractivity contribution < 1.29 is 4.43 Å². The quantitative estimate of drug-likeness (QED) is 0.535. The van der Waals surface area contributed by atoms with Crippen LogP contribution in [-0.2, 0) is 4.43 Å². The first kappa shape index (κ1) is 19.3. The first-order valence-corrected chi connectivity index (χ1v) is 11.3. The van der Waals surface area contributed by atoms with Gasteiger partial charge >= 0.3 is 0 Å². The third-order valence-electron chi connectivity index (χ3n) is 5.06. The van der Waals surface area contributed by atoms with E-state index in [2.05, 4.69) is 100 Å². The first-order valence-electron chi connectivity index (χ1n) is 9.43. The van der Waals surface area contributed by atoms with Gasteiger partial charge in [-0.25, -0.2) is 0 Å². The van der Waals surface area contributed by atoms with Crippen molar-refractivity contribution in [2.75, 3.05) is 6.61 Å². The number of benzene rings is 3. The summed E-state index contributed by atoms with van der Waals surface area (Å²) in [5.74, 6) is 0. The fraction of sp³-hybridized carbons (Fsp3) is 0.200. The third kappa shape index (κ3) is 3.97. The molecule has 2 heteroatoms. The van der Waals surface area contributed by atoms with Crippen LogP contribution in [0.25, 0.3) is 5.57 Å². The molecule has 0 aromatic heterocycles. The van der Waals surface area contributed by atoms with Crippen LogP contribution in [-0.4, -0.2) is 14.9 Å². The summed E-state index contributed by atoms with van der Waals surface area (Å²) >= 11 is 0. The van der Waals surface area contributed by atoms with Gasteiger partial charge in [0.2, 0.25) is 0 Å². The Bertz CT molecular complexity index is 825. The summed E-state index contributed by atoms with van der Waals surface area (Å²) in [6, 6.07) is 31.8. The summed E-state index contributed by atoms with van der Waals surface area (Å²) in [4.78, 5) is 0. The second-order valence-corrected chi connectivity index (χ2v) is 12.2. The maximum atomic E-state index is 6.92. The van der Waals surface area contributed by atoms with Crippen LogP contribution in [0.2, 0.25) is 5.04 Å². The Morgan fingerprint density at radius 1 is 0.741 bits per heavy atom. The molecule has 0 fully saturated rings. The predicted octanol–water partition coefficient (Wildman–Crippen LogP) is 5.28. The van der Waals surface area contributed by atoms with Crippen molar-refractivity contribution in [3.8, 4) is 0 Å². The lowest BCUT2D eigenvalue weighted by atomic mass is 10.1. The monoisotopic (exact) mass is 372 g/mol. The van der Waals surface area contributed by atoms with E-state index in [0.29, 0.717) is 6.61 Å². The smallest absolute Gasteiger partial charge is 0.261 e. The minimum Gasteiger partial charge on any atom is -0.403 e. The minimum atomic E-state index is -2.51. The fourth-order valence-corrected chi connectivity index (χ4v) is 8.26. The summed E-state index contributed by atoms with van der Waals surface area (Å²) < 4.78 is 6.92. The lowest BCUT2D eigenvalue weighted by Gasteiger charge is -2.43. The summed E-state index contributed by atoms with van der Waals surface area (Å²) in [5, 5.41) is 2.57. The summed E-state index contributed by atoms with van der Waals surface area (Å²) in [5.41, 5.74) is 2.15. The molecule has 138 valence electrons. The first-order chi connectivity index (χ1) is 12.9. The molecule has 0 atom stereocenters. The van der Waals surface area contributed by atoms with E-state index in [4.69, 9.17) is 4.43 Å². The largest absolute Gasteiger partial charge is 0.403 e. The average molecular weight is 373 g/mol. The Hall–Kier alpha value is -2.42. The van der Waals surface area contributed by atoms with Crippen LogP contribution in [0.4, 0.5) is 0 Å². The maximum Gasteiger partial charge on any atom is 0.261 e. The second kappa shape index (κ2) is 8.08. The van der Waals surface area contributed by atoms with Gasteiger partial charge in [-0.1, -0.05) is 118 Å². The van der Waals surface area contributed by atoms with Crippen LogP contribution in [0, 0.1) is 0 Å². The topological polar surface area (TPSA) is 9.23 Å². The van der Waals surface area contributed by atoms with Crippen molar-refractivity contribution in [1.82, 2.24) is 0 Å². The molecule has 0 saturated carbocycles. The van der Waals surface area contributed by atoms with Gasteiger partial charge in [0.05, 0.1) is 6.61 Å². The summed E-state index contributed by atoms with van der Waals surface area (Å²) in [6.45, 7) is 11.7. The molecule has 0 radical (unpaired) electrons. The SMILES string of the molecule is C=C(CO[Si](c1ccccc1)(c1ccccc1)C(C)(C)C)c1ccccc1. The number of hydrogen-bond donors (Lipinski definition) is 0. The molecule has 0 amide bonds. The molecular formula is C25H28OSi. The molecule has 0 aliphatic carbocycles. The molecule has 27 heavy (non-hydrogen) atoms. The third-order valence-corrected chi connectivity index (χ3v) is 10.0. The van der Waals surface area contributed by atoms with E-state index in [0.717, 1.165) is 11.1 Å². The van der Waals surface area contributed by atoms with Gasteiger partial charge < -0.3 is 4.43 Å². The van der Waals surface area contributed by atoms with Crippen molar-refractivity contribution >= 4 is 24.3 Å². The van der Waals surface area contributed by atoms with E-state index in [1.165, 1.54) is 10.4 Å². The van der Waals surface area contributed by atoms with Gasteiger partial charge in [-0.15, -0.1) is 0 Å². The maximum absolute atomic E-state index is 6.92. The van der Waals surface area contributed by atoms with Gasteiger partial charge in [-0.2, -0.15) is 0 Å². The van der Waals surface area contributed by atoms with E-state index in [1.807, 2.05) is 18.2 Å². The summed E-state index contributed by atoms with van der Waals surface area (Å²) in [7, 11) is -2.51. The Morgan fingerprint density at radius 3 is 1.56 bits per heavy atom. The zero-order valence-corrected chi connectivity index (χ0v) is 17.5. The molecule has 3 aromatic carbocycles. The van der Waals surface area contributed by atoms with Gasteiger partial charge in [0, 0.05) is 0 Å². The Morgan fingerprint density at radius 2 is 1.15 bits per heavy atom. The van der Waals surface area contributed by atoms with E-state index >= 15 is 0 Å². The molecule has 0 unspecified atom stereocenters. The number of hydrogen-bond acceptors (Lipinski definition) is 1. The molecule has 0 aliphatic heterocycles. The highest BCUT2D eigenvalue weighted by Crippen LogP contribution is 2.37. The van der Waals surface area contributed by atoms with Crippen molar-refractivity contribution in [2.45, 2.75) is 25.8 Å². The van der Waals surface area contributed by atoms with Crippen LogP contribution in [0.15, 0.2) is 97.6 Å². The lowest BCUT2D eigenvalue weighted by Crippen LogP contribution is -2.66. The van der Waals surface area contributed by atoms with Crippen LogP contribution in [0.5, 0.6) is 0 Å². The van der Waals surface area contributed by atoms with Crippen LogP contribution < -0.4 is 10.4 Å². The van der Waals surface area contributed by atoms with Crippen LogP contribution >= 0.6 is 0 Å². The highest BCUT2D eigenvalue weighted by atomic mass is 28.4. The van der Waals surface area contributed by atoms with Crippen molar-refractivity contribution in [3.63, 3.8) is 0 Å². The van der Waals surface area contributed by atoms with Gasteiger partial charge in [0.1, 0.15) is 0 Å². The molecule has 1 nitrogen and oxygen atoms in total. The summed E-state index contributed by atoms with van der Waals surface area (Å²) in [6.07, 6.45) is 0. The number of rotatable bonds is 6. The zero-order chi connectivity index (χ0) is 19.3. The van der Waals surface area contributed by atoms with Crippen LogP contribution in [0.1, 0.15) is 26.3 Å². The molecule has 0 bridgehead atoms. The Labute approximate surface area is 164 Å². The lowest BCUT2D eigenvalue weighted by molar-refractivity contribution is 0.346. The van der Waals surface area contributed by atoms with Crippen molar-refractivity contribution in [3.05, 3.63) is 103 Å². The molecule has 0 spiro atoms. The van der Waals surface area contributed by atoms with Gasteiger partial charge in [0.25, 0.3) is 8.32 Å². The Balaban J connectivity index is 2.05. The van der Waals surface area contributed by atoms with Gasteiger partial charge in [-0.05, 0) is 26.5 Å². The van der Waals surface area contributed by atoms with E-state index < -0.39 is 8.32 Å². The van der Waals surface area contributed by atoms with Crippen LogP contribution in [0.3, 0.4) is 0 Å². The van der Waals surface area contributed by atoms with Gasteiger partial charge in [0.15, 0.2) is 0 Å². The molecule has 3 aromatic rings. The molecule has 0 N–H and O–H groups in total. The van der Waals surface area contributed by atoms with Crippen molar-refractivity contribution in [2.24, 2.45) is 0 Å². The average Bonchev–Trinajstić information content (AvgIpc) is 2.69. The molecule has 0 heterocycles. The molecule has 0 saturated heterocycles. The standard InChI is InChI=1S/C25H28OSi/c1-21(22-14-8-5-9-15-22)20-26-27(25(2,3)4,23-16-10-6-11-17-23)24-18-12-7-13-19-24/h5-19H,1,20H2,2-4H3. The normalized spacial score (nSPS) is 12.0. The highest BCUT2D eigenvalue weighted by Gasteiger charge is 2.50. The molecular weight excluding hydrogens is 344 g/mol. The van der Waals surface area contributed by atoms with Gasteiger partial charge in [-0.3, -0.25) is 0 Å². The minimum absolute atomic E-state index is 0.0212. The van der Waals surface area contributed by atoms with E-state index in [1.54, 1.807) is 0 Å². The highest BCUT2D eigenvalue weighted by molar-refractivity contribution is 6.99. The van der Waals surface area contributed by atoms with E-state index in [-0.39, 0.29) is 5.04 Å². The fourth-order valence-electron chi connectivity index (χ4n) is 3.71. The Kier molecular flexibility index (Phi) is 5.78. The second-order valence-electron chi connectivity index (χ2n) is 7.92. The molecule has 0 aliphatic rings. The zero-order valence-electron chi connectivity index (χ0n) is 16.5. The predicted molar refractivity (Wildman–Crippen MR) is 119 cm³/mol. The molecule has 3 rings (SSSR count).